The Morgan fingerprint density at radius 3 is 2.42 bits per heavy atom. The Bertz CT molecular complexity index is 306. The molecule has 0 radical (unpaired) electrons. The second-order valence-corrected chi connectivity index (χ2v) is 8.10. The van der Waals surface area contributed by atoms with Crippen LogP contribution in [0.5, 0.6) is 0 Å². The fourth-order valence-corrected chi connectivity index (χ4v) is 3.52. The molecule has 0 aromatic rings. The second-order valence-electron chi connectivity index (χ2n) is 8.10. The van der Waals surface area contributed by atoms with Crippen LogP contribution in [0.3, 0.4) is 0 Å². The van der Waals surface area contributed by atoms with Gasteiger partial charge in [0.05, 0.1) is 0 Å². The average molecular weight is 262 g/mol. The average Bonchev–Trinajstić information content (AvgIpc) is 3.21. The van der Waals surface area contributed by atoms with Gasteiger partial charge in [-0.3, -0.25) is 0 Å². The molecule has 0 nitrogen and oxygen atoms in total. The molecule has 0 amide bonds. The van der Waals surface area contributed by atoms with Crippen molar-refractivity contribution in [1.29, 1.82) is 0 Å². The zero-order valence-electron chi connectivity index (χ0n) is 13.8. The van der Waals surface area contributed by atoms with E-state index >= 15 is 0 Å². The van der Waals surface area contributed by atoms with Crippen molar-refractivity contribution in [3.63, 3.8) is 0 Å². The van der Waals surface area contributed by atoms with Crippen molar-refractivity contribution < 1.29 is 0 Å². The molecule has 0 bridgehead atoms. The van der Waals surface area contributed by atoms with E-state index in [4.69, 9.17) is 0 Å². The standard InChI is InChI=1S/C19H34/c1-14(2)19(4,5)13-9-7-6-8-10-17-15(3)18(17)16-11-12-16/h9,13-18H,6-8,10-12H2,1-5H3. The highest BCUT2D eigenvalue weighted by Gasteiger charge is 2.53. The van der Waals surface area contributed by atoms with E-state index in [1.54, 1.807) is 12.8 Å². The van der Waals surface area contributed by atoms with Gasteiger partial charge < -0.3 is 0 Å². The topological polar surface area (TPSA) is 0 Å². The Hall–Kier alpha value is -0.260. The highest BCUT2D eigenvalue weighted by molar-refractivity contribution is 5.02. The van der Waals surface area contributed by atoms with E-state index in [-0.39, 0.29) is 0 Å². The van der Waals surface area contributed by atoms with E-state index in [1.807, 2.05) is 0 Å². The summed E-state index contributed by atoms with van der Waals surface area (Å²) in [6, 6.07) is 0. The molecule has 0 N–H and O–H groups in total. The summed E-state index contributed by atoms with van der Waals surface area (Å²) in [5.41, 5.74) is 0.363. The van der Waals surface area contributed by atoms with Crippen LogP contribution in [0.15, 0.2) is 12.2 Å². The number of hydrogen-bond donors (Lipinski definition) is 0. The quantitative estimate of drug-likeness (QED) is 0.367. The minimum atomic E-state index is 0.363. The van der Waals surface area contributed by atoms with Gasteiger partial charge in [-0.2, -0.15) is 0 Å². The van der Waals surface area contributed by atoms with Crippen LogP contribution in [0.2, 0.25) is 0 Å². The largest absolute Gasteiger partial charge is 0.0880 e. The maximum atomic E-state index is 2.48. The van der Waals surface area contributed by atoms with Crippen molar-refractivity contribution in [1.82, 2.24) is 0 Å². The van der Waals surface area contributed by atoms with Gasteiger partial charge in [0.1, 0.15) is 0 Å². The highest BCUT2D eigenvalue weighted by atomic mass is 14.6. The Morgan fingerprint density at radius 2 is 1.84 bits per heavy atom. The van der Waals surface area contributed by atoms with Gasteiger partial charge in [0.2, 0.25) is 0 Å². The normalized spacial score (nSPS) is 31.4. The van der Waals surface area contributed by atoms with Gasteiger partial charge >= 0.3 is 0 Å². The van der Waals surface area contributed by atoms with Crippen LogP contribution >= 0.6 is 0 Å². The lowest BCUT2D eigenvalue weighted by atomic mass is 9.81. The maximum absolute atomic E-state index is 2.48. The molecule has 3 atom stereocenters. The molecule has 0 heteroatoms. The zero-order valence-corrected chi connectivity index (χ0v) is 13.8. The van der Waals surface area contributed by atoms with E-state index < -0.39 is 0 Å². The van der Waals surface area contributed by atoms with Gasteiger partial charge in [0.25, 0.3) is 0 Å². The summed E-state index contributed by atoms with van der Waals surface area (Å²) in [5.74, 6) is 5.17. The van der Waals surface area contributed by atoms with Gasteiger partial charge in [-0.15, -0.1) is 0 Å². The summed E-state index contributed by atoms with van der Waals surface area (Å²) in [4.78, 5) is 0. The van der Waals surface area contributed by atoms with E-state index in [1.165, 1.54) is 25.7 Å². The van der Waals surface area contributed by atoms with Crippen molar-refractivity contribution in [3.8, 4) is 0 Å². The molecule has 2 aliphatic rings. The van der Waals surface area contributed by atoms with Gasteiger partial charge in [0.15, 0.2) is 0 Å². The van der Waals surface area contributed by atoms with Gasteiger partial charge in [-0.25, -0.2) is 0 Å². The number of hydrogen-bond acceptors (Lipinski definition) is 0. The first kappa shape index (κ1) is 15.1. The summed E-state index contributed by atoms with van der Waals surface area (Å²) in [7, 11) is 0. The van der Waals surface area contributed by atoms with Crippen molar-refractivity contribution in [3.05, 3.63) is 12.2 Å². The van der Waals surface area contributed by atoms with E-state index in [0.717, 1.165) is 29.6 Å². The summed E-state index contributed by atoms with van der Waals surface area (Å²) in [6.45, 7) is 11.8. The summed E-state index contributed by atoms with van der Waals surface area (Å²) >= 11 is 0. The predicted molar refractivity (Wildman–Crippen MR) is 85.1 cm³/mol. The van der Waals surface area contributed by atoms with Crippen molar-refractivity contribution >= 4 is 0 Å². The molecule has 2 aliphatic carbocycles. The molecule has 0 aromatic carbocycles. The molecule has 0 heterocycles. The third-order valence-electron chi connectivity index (χ3n) is 6.00. The molecule has 0 saturated heterocycles. The predicted octanol–water partition coefficient (Wildman–Crippen LogP) is 6.08. The summed E-state index contributed by atoms with van der Waals surface area (Å²) in [6.07, 6.45) is 13.6. The number of unbranched alkanes of at least 4 members (excludes halogenated alkanes) is 2. The SMILES string of the molecule is CC1C(CCCCC=CC(C)(C)C(C)C)C1C1CC1. The molecule has 0 spiro atoms. The van der Waals surface area contributed by atoms with Crippen LogP contribution in [0.4, 0.5) is 0 Å². The molecule has 3 unspecified atom stereocenters. The first-order valence-electron chi connectivity index (χ1n) is 8.61. The molecule has 2 fully saturated rings. The van der Waals surface area contributed by atoms with Crippen LogP contribution in [-0.4, -0.2) is 0 Å². The molecule has 110 valence electrons. The molecule has 2 rings (SSSR count). The Balaban J connectivity index is 1.54. The van der Waals surface area contributed by atoms with E-state index in [0.29, 0.717) is 5.41 Å². The molecule has 0 aliphatic heterocycles. The van der Waals surface area contributed by atoms with Gasteiger partial charge in [-0.05, 0) is 67.1 Å². The lowest BCUT2D eigenvalue weighted by Crippen LogP contribution is -2.15. The van der Waals surface area contributed by atoms with Gasteiger partial charge in [-0.1, -0.05) is 53.2 Å². The Kier molecular flexibility index (Phi) is 4.79. The number of rotatable bonds is 8. The van der Waals surface area contributed by atoms with Crippen molar-refractivity contribution in [2.45, 2.75) is 73.1 Å². The van der Waals surface area contributed by atoms with Crippen LogP contribution in [0.25, 0.3) is 0 Å². The van der Waals surface area contributed by atoms with Crippen molar-refractivity contribution in [2.24, 2.45) is 35.0 Å². The zero-order chi connectivity index (χ0) is 14.0. The molecule has 0 aromatic heterocycles. The fourth-order valence-electron chi connectivity index (χ4n) is 3.52. The first-order chi connectivity index (χ1) is 8.93. The summed E-state index contributed by atoms with van der Waals surface area (Å²) in [5, 5.41) is 0. The van der Waals surface area contributed by atoms with Crippen LogP contribution in [0, 0.1) is 35.0 Å². The lowest BCUT2D eigenvalue weighted by Gasteiger charge is -2.25. The third-order valence-corrected chi connectivity index (χ3v) is 6.00. The molecular weight excluding hydrogens is 228 g/mol. The van der Waals surface area contributed by atoms with E-state index in [2.05, 4.69) is 46.8 Å². The Labute approximate surface area is 121 Å². The monoisotopic (exact) mass is 262 g/mol. The number of allylic oxidation sites excluding steroid dienone is 2. The first-order valence-corrected chi connectivity index (χ1v) is 8.61. The second kappa shape index (κ2) is 6.02. The van der Waals surface area contributed by atoms with Crippen LogP contribution in [-0.2, 0) is 0 Å². The summed E-state index contributed by atoms with van der Waals surface area (Å²) < 4.78 is 0. The minimum Gasteiger partial charge on any atom is -0.0880 e. The van der Waals surface area contributed by atoms with Gasteiger partial charge in [0, 0.05) is 0 Å². The minimum absolute atomic E-state index is 0.363. The fraction of sp³-hybridized carbons (Fsp3) is 0.895. The molecular formula is C19H34. The highest BCUT2D eigenvalue weighted by Crippen LogP contribution is 2.60. The lowest BCUT2D eigenvalue weighted by molar-refractivity contribution is 0.332. The molecule has 19 heavy (non-hydrogen) atoms. The van der Waals surface area contributed by atoms with E-state index in [9.17, 15) is 0 Å². The third kappa shape index (κ3) is 4.10. The van der Waals surface area contributed by atoms with Crippen molar-refractivity contribution in [2.75, 3.05) is 0 Å². The molecule has 2 saturated carbocycles. The maximum Gasteiger partial charge on any atom is -0.0152 e. The Morgan fingerprint density at radius 1 is 1.16 bits per heavy atom. The van der Waals surface area contributed by atoms with Crippen LogP contribution in [0.1, 0.15) is 73.1 Å². The van der Waals surface area contributed by atoms with Crippen LogP contribution < -0.4 is 0 Å². The smallest absolute Gasteiger partial charge is 0.0152 e.